The van der Waals surface area contributed by atoms with Crippen molar-refractivity contribution in [1.29, 1.82) is 0 Å². The minimum absolute atomic E-state index is 0.0320. The van der Waals surface area contributed by atoms with E-state index in [0.29, 0.717) is 5.02 Å². The first-order valence-corrected chi connectivity index (χ1v) is 7.00. The van der Waals surface area contributed by atoms with Crippen molar-refractivity contribution in [2.24, 2.45) is 0 Å². The maximum absolute atomic E-state index is 6.27. The van der Waals surface area contributed by atoms with Crippen LogP contribution in [0.3, 0.4) is 0 Å². The summed E-state index contributed by atoms with van der Waals surface area (Å²) in [5.74, 6) is 1.73. The van der Waals surface area contributed by atoms with E-state index >= 15 is 0 Å². The average molecular weight is 330 g/mol. The van der Waals surface area contributed by atoms with Crippen LogP contribution in [0.25, 0.3) is 0 Å². The van der Waals surface area contributed by atoms with Crippen LogP contribution in [0, 0.1) is 0 Å². The smallest absolute Gasteiger partial charge is 0.120 e. The van der Waals surface area contributed by atoms with E-state index in [-0.39, 0.29) is 4.83 Å². The van der Waals surface area contributed by atoms with Gasteiger partial charge in [0.2, 0.25) is 0 Å². The van der Waals surface area contributed by atoms with Crippen molar-refractivity contribution in [3.8, 4) is 5.75 Å². The van der Waals surface area contributed by atoms with Gasteiger partial charge >= 0.3 is 0 Å². The van der Waals surface area contributed by atoms with Gasteiger partial charge in [-0.1, -0.05) is 40.5 Å². The highest BCUT2D eigenvalue weighted by Crippen LogP contribution is 2.38. The van der Waals surface area contributed by atoms with Crippen molar-refractivity contribution in [3.05, 3.63) is 52.4 Å². The fourth-order valence-corrected chi connectivity index (χ4v) is 3.09. The third-order valence-electron chi connectivity index (χ3n) is 2.85. The fraction of sp³-hybridized carbons (Fsp3) is 0.286. The van der Waals surface area contributed by atoms with Crippen LogP contribution in [-0.2, 0) is 6.42 Å². The summed E-state index contributed by atoms with van der Waals surface area (Å²) in [6, 6.07) is 7.66. The largest absolute Gasteiger partial charge is 0.497 e. The van der Waals surface area contributed by atoms with Gasteiger partial charge in [0.1, 0.15) is 11.5 Å². The molecule has 1 atom stereocenters. The molecule has 2 nitrogen and oxygen atoms in total. The molecule has 1 heterocycles. The van der Waals surface area contributed by atoms with Crippen LogP contribution in [-0.4, -0.2) is 7.11 Å². The van der Waals surface area contributed by atoms with E-state index in [2.05, 4.69) is 22.9 Å². The summed E-state index contributed by atoms with van der Waals surface area (Å²) in [6.07, 6.45) is 2.57. The van der Waals surface area contributed by atoms with Gasteiger partial charge in [0, 0.05) is 17.0 Å². The molecule has 2 aromatic rings. The Hall–Kier alpha value is -0.930. The van der Waals surface area contributed by atoms with Gasteiger partial charge in [0.15, 0.2) is 0 Å². The Bertz CT molecular complexity index is 536. The molecule has 0 amide bonds. The number of alkyl halides is 1. The highest BCUT2D eigenvalue weighted by molar-refractivity contribution is 9.09. The summed E-state index contributed by atoms with van der Waals surface area (Å²) in [5.41, 5.74) is 2.12. The molecule has 0 N–H and O–H groups in total. The van der Waals surface area contributed by atoms with Crippen LogP contribution in [0.2, 0.25) is 5.02 Å². The Kier molecular flexibility index (Phi) is 4.36. The molecule has 1 aromatic heterocycles. The lowest BCUT2D eigenvalue weighted by Gasteiger charge is -2.13. The van der Waals surface area contributed by atoms with Crippen LogP contribution in [0.1, 0.15) is 28.6 Å². The zero-order valence-corrected chi connectivity index (χ0v) is 12.6. The number of methoxy groups -OCH3 is 1. The normalized spacial score (nSPS) is 12.4. The molecule has 1 aromatic carbocycles. The lowest BCUT2D eigenvalue weighted by atomic mass is 10.0. The number of hydrogen-bond donors (Lipinski definition) is 0. The molecule has 4 heteroatoms. The molecule has 0 radical (unpaired) electrons. The van der Waals surface area contributed by atoms with Crippen molar-refractivity contribution in [2.75, 3.05) is 7.11 Å². The minimum Gasteiger partial charge on any atom is -0.497 e. The molecule has 0 spiro atoms. The van der Waals surface area contributed by atoms with Crippen LogP contribution in [0.4, 0.5) is 0 Å². The summed E-state index contributed by atoms with van der Waals surface area (Å²) in [4.78, 5) is 0.0320. The maximum atomic E-state index is 6.27. The lowest BCUT2D eigenvalue weighted by molar-refractivity contribution is 0.414. The van der Waals surface area contributed by atoms with Gasteiger partial charge in [-0.05, 0) is 23.8 Å². The second-order valence-electron chi connectivity index (χ2n) is 3.90. The maximum Gasteiger partial charge on any atom is 0.120 e. The number of rotatable bonds is 4. The number of ether oxygens (including phenoxy) is 1. The highest BCUT2D eigenvalue weighted by Gasteiger charge is 2.18. The Morgan fingerprint density at radius 2 is 2.11 bits per heavy atom. The van der Waals surface area contributed by atoms with E-state index in [0.717, 1.165) is 29.1 Å². The van der Waals surface area contributed by atoms with Crippen molar-refractivity contribution in [2.45, 2.75) is 18.2 Å². The Labute approximate surface area is 120 Å². The monoisotopic (exact) mass is 328 g/mol. The standard InChI is InChI=1S/C14H14BrClO2/c1-3-13-11(6-7-18-13)14(15)10-5-4-9(17-2)8-12(10)16/h4-8,14H,3H2,1-2H3. The number of halogens is 2. The lowest BCUT2D eigenvalue weighted by Crippen LogP contribution is -1.96. The molecule has 0 aliphatic heterocycles. The third kappa shape index (κ3) is 2.57. The van der Waals surface area contributed by atoms with Gasteiger partial charge in [-0.2, -0.15) is 0 Å². The highest BCUT2D eigenvalue weighted by atomic mass is 79.9. The summed E-state index contributed by atoms with van der Waals surface area (Å²) >= 11 is 9.95. The minimum atomic E-state index is 0.0320. The van der Waals surface area contributed by atoms with Crippen molar-refractivity contribution in [1.82, 2.24) is 0 Å². The van der Waals surface area contributed by atoms with E-state index in [4.69, 9.17) is 20.8 Å². The predicted octanol–water partition coefficient (Wildman–Crippen LogP) is 4.99. The molecule has 18 heavy (non-hydrogen) atoms. The van der Waals surface area contributed by atoms with Crippen LogP contribution >= 0.6 is 27.5 Å². The quantitative estimate of drug-likeness (QED) is 0.737. The van der Waals surface area contributed by atoms with Gasteiger partial charge in [-0.15, -0.1) is 0 Å². The summed E-state index contributed by atoms with van der Waals surface area (Å²) < 4.78 is 10.6. The SMILES string of the molecule is CCc1occc1C(Br)c1ccc(OC)cc1Cl. The van der Waals surface area contributed by atoms with Gasteiger partial charge < -0.3 is 9.15 Å². The molecule has 0 bridgehead atoms. The van der Waals surface area contributed by atoms with E-state index in [1.165, 1.54) is 0 Å². The first-order valence-electron chi connectivity index (χ1n) is 5.71. The Morgan fingerprint density at radius 3 is 2.72 bits per heavy atom. The van der Waals surface area contributed by atoms with Crippen molar-refractivity contribution in [3.63, 3.8) is 0 Å². The first kappa shape index (κ1) is 13.5. The van der Waals surface area contributed by atoms with Gasteiger partial charge in [0.05, 0.1) is 18.2 Å². The summed E-state index contributed by atoms with van der Waals surface area (Å²) in [6.45, 7) is 2.07. The summed E-state index contributed by atoms with van der Waals surface area (Å²) in [5, 5.41) is 0.680. The second kappa shape index (κ2) is 5.81. The number of benzene rings is 1. The molecule has 2 rings (SSSR count). The molecule has 0 saturated heterocycles. The molecule has 0 aliphatic rings. The Balaban J connectivity index is 2.37. The molecule has 0 aliphatic carbocycles. The molecular weight excluding hydrogens is 316 g/mol. The summed E-state index contributed by atoms with van der Waals surface area (Å²) in [7, 11) is 1.63. The van der Waals surface area contributed by atoms with Crippen LogP contribution in [0.5, 0.6) is 5.75 Å². The molecule has 0 fully saturated rings. The zero-order chi connectivity index (χ0) is 13.1. The number of aryl methyl sites for hydroxylation is 1. The fourth-order valence-electron chi connectivity index (χ4n) is 1.87. The number of furan rings is 1. The topological polar surface area (TPSA) is 22.4 Å². The third-order valence-corrected chi connectivity index (χ3v) is 4.17. The van der Waals surface area contributed by atoms with Crippen LogP contribution < -0.4 is 4.74 Å². The predicted molar refractivity (Wildman–Crippen MR) is 76.9 cm³/mol. The molecule has 96 valence electrons. The molecular formula is C14H14BrClO2. The van der Waals surface area contributed by atoms with E-state index in [1.54, 1.807) is 13.4 Å². The van der Waals surface area contributed by atoms with E-state index < -0.39 is 0 Å². The Morgan fingerprint density at radius 1 is 1.33 bits per heavy atom. The van der Waals surface area contributed by atoms with Gasteiger partial charge in [0.25, 0.3) is 0 Å². The van der Waals surface area contributed by atoms with Crippen molar-refractivity contribution >= 4 is 27.5 Å². The van der Waals surface area contributed by atoms with Gasteiger partial charge in [-0.25, -0.2) is 0 Å². The average Bonchev–Trinajstić information content (AvgIpc) is 2.86. The van der Waals surface area contributed by atoms with E-state index in [9.17, 15) is 0 Å². The first-order chi connectivity index (χ1) is 8.67. The molecule has 1 unspecified atom stereocenters. The molecule has 0 saturated carbocycles. The number of hydrogen-bond acceptors (Lipinski definition) is 2. The van der Waals surface area contributed by atoms with E-state index in [1.807, 2.05) is 24.3 Å². The zero-order valence-electron chi connectivity index (χ0n) is 10.2. The van der Waals surface area contributed by atoms with Gasteiger partial charge in [-0.3, -0.25) is 0 Å². The van der Waals surface area contributed by atoms with Crippen LogP contribution in [0.15, 0.2) is 34.9 Å². The second-order valence-corrected chi connectivity index (χ2v) is 5.23. The van der Waals surface area contributed by atoms with Crippen molar-refractivity contribution < 1.29 is 9.15 Å².